The first-order valence-corrected chi connectivity index (χ1v) is 14.3. The Labute approximate surface area is 244 Å². The second-order valence-corrected chi connectivity index (χ2v) is 10.9. The summed E-state index contributed by atoms with van der Waals surface area (Å²) in [5, 5.41) is 12.9. The van der Waals surface area contributed by atoms with Gasteiger partial charge in [0, 0.05) is 11.3 Å². The van der Waals surface area contributed by atoms with Gasteiger partial charge in [-0.2, -0.15) is 5.10 Å². The van der Waals surface area contributed by atoms with Gasteiger partial charge < -0.3 is 15.1 Å². The molecule has 0 spiro atoms. The minimum absolute atomic E-state index is 0.00386. The number of anilines is 2. The number of amides is 3. The zero-order chi connectivity index (χ0) is 29.4. The molecule has 1 aromatic heterocycles. The lowest BCUT2D eigenvalue weighted by molar-refractivity contribution is -0.129. The molecule has 42 heavy (non-hydrogen) atoms. The van der Waals surface area contributed by atoms with Gasteiger partial charge in [-0.25, -0.2) is 0 Å². The highest BCUT2D eigenvalue weighted by atomic mass is 16.2. The molecule has 0 aliphatic carbocycles. The summed E-state index contributed by atoms with van der Waals surface area (Å²) < 4.78 is 0. The Hall–Kier alpha value is -4.98. The summed E-state index contributed by atoms with van der Waals surface area (Å²) in [6.07, 6.45) is 2.27. The van der Waals surface area contributed by atoms with E-state index in [1.54, 1.807) is 28.1 Å². The molecule has 8 heteroatoms. The van der Waals surface area contributed by atoms with E-state index >= 15 is 0 Å². The number of hydrogen-bond donors (Lipinski definition) is 2. The Morgan fingerprint density at radius 2 is 1.74 bits per heavy atom. The number of nitrogens with zero attached hydrogens (tertiary/aromatic N) is 3. The van der Waals surface area contributed by atoms with Crippen LogP contribution in [0.15, 0.2) is 85.1 Å². The SMILES string of the molecule is CC[C@@H](C)C(=O)N[C@H]1CN(C(=O)c2cccc3[nH]ncc23)c2ccccc2N(Cc2c(C)ccc3ccccc23)C1=O. The van der Waals surface area contributed by atoms with Gasteiger partial charge in [0.25, 0.3) is 11.8 Å². The molecule has 1 aliphatic rings. The first kappa shape index (κ1) is 27.2. The standard InChI is InChI=1S/C34H33N5O3/c1-4-21(2)32(40)36-29-20-39(33(41)25-12-9-13-28-26(25)18-35-37-28)31-15-8-7-14-30(31)38(34(29)42)19-27-22(3)16-17-23-10-5-6-11-24(23)27/h5-18,21,29H,4,19-20H2,1-3H3,(H,35,37)(H,36,40)/t21-,29+/m1/s1. The largest absolute Gasteiger partial charge is 0.342 e. The van der Waals surface area contributed by atoms with Gasteiger partial charge in [-0.05, 0) is 59.5 Å². The number of nitrogens with one attached hydrogen (secondary N) is 2. The van der Waals surface area contributed by atoms with Gasteiger partial charge in [0.2, 0.25) is 5.91 Å². The fraction of sp³-hybridized carbons (Fsp3) is 0.235. The van der Waals surface area contributed by atoms with Crippen LogP contribution in [0.25, 0.3) is 21.7 Å². The Kier molecular flexibility index (Phi) is 7.20. The number of rotatable bonds is 6. The van der Waals surface area contributed by atoms with Crippen LogP contribution in [-0.4, -0.2) is 40.5 Å². The Balaban J connectivity index is 1.49. The van der Waals surface area contributed by atoms with Crippen LogP contribution < -0.4 is 15.1 Å². The van der Waals surface area contributed by atoms with Gasteiger partial charge in [0.05, 0.1) is 41.7 Å². The van der Waals surface area contributed by atoms with Crippen molar-refractivity contribution < 1.29 is 14.4 Å². The molecule has 0 bridgehead atoms. The number of benzene rings is 4. The molecule has 2 N–H and O–H groups in total. The molecular formula is C34H33N5O3. The summed E-state index contributed by atoms with van der Waals surface area (Å²) in [5.74, 6) is -1.02. The number of fused-ring (bicyclic) bond motifs is 3. The second-order valence-electron chi connectivity index (χ2n) is 10.9. The number of para-hydroxylation sites is 2. The van der Waals surface area contributed by atoms with Crippen LogP contribution in [0.2, 0.25) is 0 Å². The number of carbonyl (C=O) groups is 3. The third kappa shape index (κ3) is 4.79. The highest BCUT2D eigenvalue weighted by molar-refractivity contribution is 6.17. The molecule has 3 amide bonds. The monoisotopic (exact) mass is 559 g/mol. The fourth-order valence-corrected chi connectivity index (χ4v) is 5.66. The smallest absolute Gasteiger partial charge is 0.259 e. The van der Waals surface area contributed by atoms with Crippen molar-refractivity contribution in [3.63, 3.8) is 0 Å². The highest BCUT2D eigenvalue weighted by Gasteiger charge is 2.38. The van der Waals surface area contributed by atoms with Gasteiger partial charge in [-0.3, -0.25) is 19.5 Å². The molecule has 0 saturated heterocycles. The summed E-state index contributed by atoms with van der Waals surface area (Å²) in [6.45, 7) is 6.10. The summed E-state index contributed by atoms with van der Waals surface area (Å²) >= 11 is 0. The average Bonchev–Trinajstić information content (AvgIpc) is 3.47. The number of hydrogen-bond acceptors (Lipinski definition) is 4. The number of carbonyl (C=O) groups excluding carboxylic acids is 3. The molecule has 0 saturated carbocycles. The Bertz CT molecular complexity index is 1830. The van der Waals surface area contributed by atoms with Crippen molar-refractivity contribution in [3.05, 3.63) is 102 Å². The first-order chi connectivity index (χ1) is 20.4. The minimum atomic E-state index is -0.943. The van der Waals surface area contributed by atoms with Crippen LogP contribution >= 0.6 is 0 Å². The highest BCUT2D eigenvalue weighted by Crippen LogP contribution is 2.37. The molecule has 212 valence electrons. The maximum atomic E-state index is 14.4. The molecule has 0 radical (unpaired) electrons. The fourth-order valence-electron chi connectivity index (χ4n) is 5.66. The molecule has 4 aromatic carbocycles. The second kappa shape index (κ2) is 11.1. The normalized spacial score (nSPS) is 15.9. The minimum Gasteiger partial charge on any atom is -0.342 e. The van der Waals surface area contributed by atoms with Crippen LogP contribution in [0.3, 0.4) is 0 Å². The van der Waals surface area contributed by atoms with Gasteiger partial charge in [-0.1, -0.05) is 68.4 Å². The Morgan fingerprint density at radius 1 is 0.976 bits per heavy atom. The number of aromatic amines is 1. The lowest BCUT2D eigenvalue weighted by atomic mass is 9.99. The first-order valence-electron chi connectivity index (χ1n) is 14.3. The lowest BCUT2D eigenvalue weighted by Crippen LogP contribution is -2.53. The molecular weight excluding hydrogens is 526 g/mol. The van der Waals surface area contributed by atoms with E-state index in [4.69, 9.17) is 0 Å². The van der Waals surface area contributed by atoms with Crippen molar-refractivity contribution in [3.8, 4) is 0 Å². The van der Waals surface area contributed by atoms with Crippen LogP contribution in [0.4, 0.5) is 11.4 Å². The van der Waals surface area contributed by atoms with Crippen LogP contribution in [-0.2, 0) is 16.1 Å². The van der Waals surface area contributed by atoms with Gasteiger partial charge >= 0.3 is 0 Å². The van der Waals surface area contributed by atoms with Crippen molar-refractivity contribution in [2.45, 2.75) is 39.8 Å². The molecule has 6 rings (SSSR count). The maximum Gasteiger partial charge on any atom is 0.259 e. The summed E-state index contributed by atoms with van der Waals surface area (Å²) in [7, 11) is 0. The van der Waals surface area contributed by atoms with Crippen LogP contribution in [0.1, 0.15) is 41.8 Å². The van der Waals surface area contributed by atoms with E-state index in [1.807, 2.05) is 63.2 Å². The van der Waals surface area contributed by atoms with Crippen molar-refractivity contribution in [1.29, 1.82) is 0 Å². The average molecular weight is 560 g/mol. The van der Waals surface area contributed by atoms with E-state index < -0.39 is 6.04 Å². The molecule has 0 unspecified atom stereocenters. The quantitative estimate of drug-likeness (QED) is 0.277. The number of aryl methyl sites for hydroxylation is 1. The van der Waals surface area contributed by atoms with E-state index in [1.165, 1.54) is 0 Å². The van der Waals surface area contributed by atoms with E-state index in [0.29, 0.717) is 28.7 Å². The zero-order valence-corrected chi connectivity index (χ0v) is 23.9. The van der Waals surface area contributed by atoms with E-state index in [0.717, 1.165) is 27.4 Å². The molecule has 8 nitrogen and oxygen atoms in total. The molecule has 1 aliphatic heterocycles. The molecule has 5 aromatic rings. The molecule has 2 heterocycles. The van der Waals surface area contributed by atoms with Crippen molar-refractivity contribution in [2.75, 3.05) is 16.3 Å². The molecule has 2 atom stereocenters. The summed E-state index contributed by atoms with van der Waals surface area (Å²) in [4.78, 5) is 45.2. The van der Waals surface area contributed by atoms with E-state index in [2.05, 4.69) is 39.8 Å². The molecule has 0 fully saturated rings. The van der Waals surface area contributed by atoms with E-state index in [9.17, 15) is 14.4 Å². The van der Waals surface area contributed by atoms with Gasteiger partial charge in [0.15, 0.2) is 0 Å². The predicted molar refractivity (Wildman–Crippen MR) is 165 cm³/mol. The van der Waals surface area contributed by atoms with Gasteiger partial charge in [0.1, 0.15) is 6.04 Å². The summed E-state index contributed by atoms with van der Waals surface area (Å²) in [6, 6.07) is 24.2. The maximum absolute atomic E-state index is 14.4. The third-order valence-corrected chi connectivity index (χ3v) is 8.32. The zero-order valence-electron chi connectivity index (χ0n) is 23.9. The topological polar surface area (TPSA) is 98.4 Å². The van der Waals surface area contributed by atoms with Gasteiger partial charge in [-0.15, -0.1) is 0 Å². The Morgan fingerprint density at radius 3 is 2.55 bits per heavy atom. The number of H-pyrrole nitrogens is 1. The number of aromatic nitrogens is 2. The van der Waals surface area contributed by atoms with Crippen molar-refractivity contribution >= 4 is 50.8 Å². The predicted octanol–water partition coefficient (Wildman–Crippen LogP) is 5.75. The summed E-state index contributed by atoms with van der Waals surface area (Å²) in [5.41, 5.74) is 4.51. The van der Waals surface area contributed by atoms with Crippen molar-refractivity contribution in [2.24, 2.45) is 5.92 Å². The third-order valence-electron chi connectivity index (χ3n) is 8.32. The van der Waals surface area contributed by atoms with Crippen molar-refractivity contribution in [1.82, 2.24) is 15.5 Å². The van der Waals surface area contributed by atoms with Crippen LogP contribution in [0, 0.1) is 12.8 Å². The lowest BCUT2D eigenvalue weighted by Gasteiger charge is -2.27. The van der Waals surface area contributed by atoms with Crippen LogP contribution in [0.5, 0.6) is 0 Å². The van der Waals surface area contributed by atoms with E-state index in [-0.39, 0.29) is 36.7 Å².